The van der Waals surface area contributed by atoms with Gasteiger partial charge in [0.05, 0.1) is 18.8 Å². The molecule has 4 rings (SSSR count). The molecule has 0 spiro atoms. The lowest BCUT2D eigenvalue weighted by Gasteiger charge is -2.24. The molecule has 4 N–H and O–H groups in total. The molecule has 0 amide bonds. The number of hydrogen-bond donors (Lipinski definition) is 3. The molecule has 2 aliphatic rings. The van der Waals surface area contributed by atoms with Gasteiger partial charge in [-0.25, -0.2) is 9.97 Å². The van der Waals surface area contributed by atoms with E-state index in [1.54, 1.807) is 4.57 Å². The summed E-state index contributed by atoms with van der Waals surface area (Å²) in [4.78, 5) is 33.7. The maximum atomic E-state index is 11.9. The highest BCUT2D eigenvalue weighted by atomic mass is 32.2. The molecule has 0 aromatic carbocycles. The second-order valence-electron chi connectivity index (χ2n) is 7.17. The van der Waals surface area contributed by atoms with Crippen molar-refractivity contribution in [2.45, 2.75) is 50.2 Å². The average molecular weight is 411 g/mol. The number of aromatic nitrogens is 4. The smallest absolute Gasteiger partial charge is 0.321 e. The molecule has 0 saturated carbocycles. The van der Waals surface area contributed by atoms with Crippen molar-refractivity contribution in [3.63, 3.8) is 0 Å². The molecule has 2 aromatic heterocycles. The number of ether oxygens (including phenoxy) is 3. The molecule has 0 unspecified atom stereocenters. The lowest BCUT2D eigenvalue weighted by molar-refractivity contribution is -0.193. The predicted molar refractivity (Wildman–Crippen MR) is 98.8 cm³/mol. The molecule has 2 saturated heterocycles. The zero-order valence-electron chi connectivity index (χ0n) is 15.3. The maximum Gasteiger partial charge on any atom is 0.321 e. The van der Waals surface area contributed by atoms with Gasteiger partial charge < -0.3 is 30.0 Å². The molecule has 152 valence electrons. The van der Waals surface area contributed by atoms with Gasteiger partial charge in [0, 0.05) is 11.5 Å². The molecule has 4 heterocycles. The first-order valence-electron chi connectivity index (χ1n) is 8.74. The first-order chi connectivity index (χ1) is 13.3. The normalized spacial score (nSPS) is 29.8. The van der Waals surface area contributed by atoms with E-state index in [9.17, 15) is 9.59 Å². The first kappa shape index (κ1) is 19.3. The minimum atomic E-state index is -1.04. The third kappa shape index (κ3) is 3.42. The minimum Gasteiger partial charge on any atom is -0.480 e. The number of rotatable bonds is 6. The van der Waals surface area contributed by atoms with Gasteiger partial charge in [0.2, 0.25) is 0 Å². The van der Waals surface area contributed by atoms with E-state index in [0.29, 0.717) is 11.4 Å². The van der Waals surface area contributed by atoms with Crippen LogP contribution in [0.2, 0.25) is 0 Å². The summed E-state index contributed by atoms with van der Waals surface area (Å²) in [5, 5.41) is 8.92. The topological polar surface area (TPSA) is 155 Å². The van der Waals surface area contributed by atoms with Gasteiger partial charge in [0.25, 0.3) is 5.56 Å². The van der Waals surface area contributed by atoms with E-state index < -0.39 is 30.1 Å². The van der Waals surface area contributed by atoms with E-state index in [1.807, 2.05) is 13.8 Å². The Kier molecular flexibility index (Phi) is 4.91. The number of nitrogens with one attached hydrogen (secondary N) is 1. The van der Waals surface area contributed by atoms with Crippen LogP contribution in [0.25, 0.3) is 11.2 Å². The summed E-state index contributed by atoms with van der Waals surface area (Å²) in [6, 6.07) is -0.941. The number of carboxylic acid groups (broad SMARTS) is 1. The number of H-pyrrole nitrogens is 1. The number of hydrogen-bond acceptors (Lipinski definition) is 9. The second kappa shape index (κ2) is 7.12. The highest BCUT2D eigenvalue weighted by Crippen LogP contribution is 2.44. The van der Waals surface area contributed by atoms with Crippen LogP contribution in [0.4, 0.5) is 0 Å². The number of nitrogens with two attached hydrogens (primary N) is 1. The van der Waals surface area contributed by atoms with Crippen molar-refractivity contribution in [2.75, 3.05) is 11.5 Å². The van der Waals surface area contributed by atoms with Crippen molar-refractivity contribution >= 4 is 28.9 Å². The van der Waals surface area contributed by atoms with Crippen LogP contribution in [-0.4, -0.2) is 72.2 Å². The Balaban J connectivity index is 1.57. The van der Waals surface area contributed by atoms with Gasteiger partial charge in [-0.05, 0) is 13.8 Å². The Labute approximate surface area is 163 Å². The summed E-state index contributed by atoms with van der Waals surface area (Å²) in [5.74, 6) is -1.09. The van der Waals surface area contributed by atoms with E-state index >= 15 is 0 Å². The van der Waals surface area contributed by atoms with Crippen LogP contribution in [0.3, 0.4) is 0 Å². The number of imidazole rings is 1. The van der Waals surface area contributed by atoms with Crippen LogP contribution in [0.5, 0.6) is 0 Å². The second-order valence-corrected chi connectivity index (χ2v) is 8.24. The summed E-state index contributed by atoms with van der Waals surface area (Å²) < 4.78 is 19.9. The van der Waals surface area contributed by atoms with E-state index in [2.05, 4.69) is 15.0 Å². The molecule has 0 bridgehead atoms. The fourth-order valence-corrected chi connectivity index (χ4v) is 4.48. The molecule has 12 heteroatoms. The predicted octanol–water partition coefficient (Wildman–Crippen LogP) is -0.318. The first-order valence-corrected chi connectivity index (χ1v) is 9.90. The third-order valence-corrected chi connectivity index (χ3v) is 5.82. The highest BCUT2D eigenvalue weighted by molar-refractivity contribution is 7.99. The summed E-state index contributed by atoms with van der Waals surface area (Å²) in [7, 11) is 0. The molecule has 5 atom stereocenters. The van der Waals surface area contributed by atoms with Crippen LogP contribution < -0.4 is 11.3 Å². The number of carbonyl (C=O) groups is 1. The van der Waals surface area contributed by atoms with Gasteiger partial charge in [0.1, 0.15) is 18.2 Å². The monoisotopic (exact) mass is 411 g/mol. The van der Waals surface area contributed by atoms with Crippen LogP contribution in [-0.2, 0) is 19.0 Å². The van der Waals surface area contributed by atoms with Crippen molar-refractivity contribution in [3.05, 3.63) is 23.0 Å². The maximum absolute atomic E-state index is 11.9. The van der Waals surface area contributed by atoms with Crippen molar-refractivity contribution in [1.82, 2.24) is 19.5 Å². The van der Waals surface area contributed by atoms with Gasteiger partial charge in [-0.15, -0.1) is 0 Å². The van der Waals surface area contributed by atoms with Crippen LogP contribution in [0, 0.1) is 0 Å². The Morgan fingerprint density at radius 1 is 1.43 bits per heavy atom. The zero-order valence-corrected chi connectivity index (χ0v) is 16.1. The molecular weight excluding hydrogens is 390 g/mol. The number of aromatic amines is 1. The summed E-state index contributed by atoms with van der Waals surface area (Å²) in [6.45, 7) is 3.64. The molecule has 2 aliphatic heterocycles. The van der Waals surface area contributed by atoms with Crippen LogP contribution in [0.1, 0.15) is 20.1 Å². The minimum absolute atomic E-state index is 0.214. The van der Waals surface area contributed by atoms with Gasteiger partial charge >= 0.3 is 5.97 Å². The van der Waals surface area contributed by atoms with Crippen molar-refractivity contribution in [3.8, 4) is 0 Å². The Morgan fingerprint density at radius 3 is 2.93 bits per heavy atom. The zero-order chi connectivity index (χ0) is 20.1. The van der Waals surface area contributed by atoms with Gasteiger partial charge in [0.15, 0.2) is 23.2 Å². The third-order valence-electron chi connectivity index (χ3n) is 4.66. The van der Waals surface area contributed by atoms with E-state index in [1.165, 1.54) is 24.4 Å². The Bertz CT molecular complexity index is 945. The lowest BCUT2D eigenvalue weighted by Crippen LogP contribution is -2.34. The largest absolute Gasteiger partial charge is 0.480 e. The fourth-order valence-electron chi connectivity index (χ4n) is 3.45. The van der Waals surface area contributed by atoms with Crippen molar-refractivity contribution < 1.29 is 24.1 Å². The number of nitrogens with zero attached hydrogens (tertiary/aromatic N) is 3. The average Bonchev–Trinajstić information content (AvgIpc) is 3.27. The number of aliphatic carboxylic acids is 1. The lowest BCUT2D eigenvalue weighted by atomic mass is 10.1. The molecule has 28 heavy (non-hydrogen) atoms. The number of thioether (sulfide) groups is 1. The van der Waals surface area contributed by atoms with E-state index in [-0.39, 0.29) is 29.0 Å². The van der Waals surface area contributed by atoms with Gasteiger partial charge in [-0.2, -0.15) is 11.8 Å². The molecule has 11 nitrogen and oxygen atoms in total. The van der Waals surface area contributed by atoms with E-state index in [0.717, 1.165) is 0 Å². The summed E-state index contributed by atoms with van der Waals surface area (Å²) >= 11 is 1.38. The van der Waals surface area contributed by atoms with Crippen molar-refractivity contribution in [1.29, 1.82) is 0 Å². The Morgan fingerprint density at radius 2 is 2.18 bits per heavy atom. The van der Waals surface area contributed by atoms with Crippen molar-refractivity contribution in [2.24, 2.45) is 5.73 Å². The standard InChI is InChI=1S/C16H21N5O6S/c1-16(2)26-10-8(4-28-3-7(17)15(23)24)25-14(11(10)27-16)21-6-20-9-12(21)18-5-19-13(9)22/h5-8,10-11,14H,3-4,17H2,1-2H3,(H,23,24)(H,18,19,22)/t7-,8+,10+,11+,14+/m0/s1. The summed E-state index contributed by atoms with van der Waals surface area (Å²) in [5.41, 5.74) is 5.83. The molecule has 2 fully saturated rings. The number of fused-ring (bicyclic) bond motifs is 2. The van der Waals surface area contributed by atoms with Crippen LogP contribution >= 0.6 is 11.8 Å². The highest BCUT2D eigenvalue weighted by Gasteiger charge is 2.56. The molecular formula is C16H21N5O6S. The van der Waals surface area contributed by atoms with Gasteiger partial charge in [-0.1, -0.05) is 0 Å². The molecule has 2 aromatic rings. The van der Waals surface area contributed by atoms with Gasteiger partial charge in [-0.3, -0.25) is 14.2 Å². The SMILES string of the molecule is CC1(C)O[C@@H]2[C@H](O1)[C@@H](CSC[C@H](N)C(=O)O)O[C@H]2n1cnc2c(=O)[nH]cnc21. The number of carboxylic acids is 1. The van der Waals surface area contributed by atoms with E-state index in [4.69, 9.17) is 25.1 Å². The quantitative estimate of drug-likeness (QED) is 0.576. The fraction of sp³-hybridized carbons (Fsp3) is 0.625. The summed E-state index contributed by atoms with van der Waals surface area (Å²) in [6.07, 6.45) is 1.11. The molecule has 0 radical (unpaired) electrons. The Hall–Kier alpha value is -1.99. The van der Waals surface area contributed by atoms with Crippen LogP contribution in [0.15, 0.2) is 17.4 Å². The molecule has 0 aliphatic carbocycles.